The monoisotopic (exact) mass is 402 g/mol. The van der Waals surface area contributed by atoms with Crippen molar-refractivity contribution < 1.29 is 13.2 Å². The Labute approximate surface area is 162 Å². The van der Waals surface area contributed by atoms with Crippen LogP contribution in [0.5, 0.6) is 0 Å². The van der Waals surface area contributed by atoms with Crippen LogP contribution in [0.3, 0.4) is 0 Å². The maximum atomic E-state index is 12.4. The van der Waals surface area contributed by atoms with Gasteiger partial charge in [0.2, 0.25) is 5.91 Å². The third-order valence-electron chi connectivity index (χ3n) is 4.43. The minimum Gasteiger partial charge on any atom is -0.319 e. The summed E-state index contributed by atoms with van der Waals surface area (Å²) in [5.74, 6) is -0.673. The lowest BCUT2D eigenvalue weighted by Crippen LogP contribution is -2.16. The van der Waals surface area contributed by atoms with Gasteiger partial charge in [-0.2, -0.15) is 4.99 Å². The molecule has 5 nitrogen and oxygen atoms in total. The van der Waals surface area contributed by atoms with Crippen LogP contribution in [0.15, 0.2) is 46.3 Å². The normalized spacial score (nSPS) is 12.7. The number of hydrogen-bond acceptors (Lipinski definition) is 4. The highest BCUT2D eigenvalue weighted by atomic mass is 32.2. The number of carbonyl (C=O) groups is 1. The zero-order valence-corrected chi connectivity index (χ0v) is 17.4. The van der Waals surface area contributed by atoms with Gasteiger partial charge >= 0.3 is 0 Å². The van der Waals surface area contributed by atoms with Crippen LogP contribution in [0, 0.1) is 20.8 Å². The number of aryl methyl sites for hydroxylation is 4. The largest absolute Gasteiger partial charge is 0.319 e. The fourth-order valence-electron chi connectivity index (χ4n) is 2.92. The summed E-state index contributed by atoms with van der Waals surface area (Å²) >= 11 is 1.44. The molecule has 0 aliphatic heterocycles. The van der Waals surface area contributed by atoms with Gasteiger partial charge in [0.1, 0.15) is 0 Å². The van der Waals surface area contributed by atoms with Gasteiger partial charge in [-0.15, -0.1) is 0 Å². The predicted octanol–water partition coefficient (Wildman–Crippen LogP) is 3.46. The van der Waals surface area contributed by atoms with Gasteiger partial charge in [0.15, 0.2) is 14.6 Å². The van der Waals surface area contributed by atoms with Gasteiger partial charge in [-0.25, -0.2) is 8.42 Å². The second kappa shape index (κ2) is 7.40. The first kappa shape index (κ1) is 19.5. The lowest BCUT2D eigenvalue weighted by molar-refractivity contribution is -0.117. The Morgan fingerprint density at radius 1 is 1.07 bits per heavy atom. The summed E-state index contributed by atoms with van der Waals surface area (Å²) in [5.41, 5.74) is 4.30. The van der Waals surface area contributed by atoms with Crippen LogP contribution in [0.4, 0.5) is 0 Å². The van der Waals surface area contributed by atoms with Crippen molar-refractivity contribution in [3.63, 3.8) is 0 Å². The number of benzene rings is 2. The number of fused-ring (bicyclic) bond motifs is 1. The third-order valence-corrected chi connectivity index (χ3v) is 7.44. The van der Waals surface area contributed by atoms with E-state index in [1.54, 1.807) is 24.3 Å². The first-order chi connectivity index (χ1) is 12.7. The molecule has 1 aromatic heterocycles. The molecule has 3 aromatic rings. The molecule has 0 aliphatic carbocycles. The molecular formula is C20H22N2O3S2. The molecule has 0 saturated heterocycles. The van der Waals surface area contributed by atoms with E-state index in [-0.39, 0.29) is 17.1 Å². The van der Waals surface area contributed by atoms with E-state index < -0.39 is 15.7 Å². The number of rotatable bonds is 4. The Bertz CT molecular complexity index is 1180. The summed E-state index contributed by atoms with van der Waals surface area (Å²) in [7, 11) is -1.63. The van der Waals surface area contributed by atoms with Crippen LogP contribution in [-0.4, -0.2) is 24.6 Å². The van der Waals surface area contributed by atoms with Crippen molar-refractivity contribution in [2.24, 2.45) is 12.0 Å². The third kappa shape index (κ3) is 4.20. The Balaban J connectivity index is 1.83. The SMILES string of the molecule is Cc1ccc(S(=O)(=O)CCC(=O)N=c2sc3c(C)cc(C)cc3n2C)cc1. The Hall–Kier alpha value is -2.25. The Morgan fingerprint density at radius 2 is 1.74 bits per heavy atom. The average molecular weight is 403 g/mol. The summed E-state index contributed by atoms with van der Waals surface area (Å²) < 4.78 is 27.8. The van der Waals surface area contributed by atoms with Crippen LogP contribution in [0.1, 0.15) is 23.1 Å². The molecule has 142 valence electrons. The first-order valence-electron chi connectivity index (χ1n) is 8.61. The highest BCUT2D eigenvalue weighted by molar-refractivity contribution is 7.91. The highest BCUT2D eigenvalue weighted by Gasteiger charge is 2.16. The molecular weight excluding hydrogens is 380 g/mol. The van der Waals surface area contributed by atoms with E-state index in [0.29, 0.717) is 4.80 Å². The van der Waals surface area contributed by atoms with E-state index in [4.69, 9.17) is 0 Å². The van der Waals surface area contributed by atoms with Crippen molar-refractivity contribution >= 4 is 37.3 Å². The van der Waals surface area contributed by atoms with Gasteiger partial charge in [0.05, 0.1) is 20.9 Å². The quantitative estimate of drug-likeness (QED) is 0.671. The van der Waals surface area contributed by atoms with Crippen molar-refractivity contribution in [1.29, 1.82) is 0 Å². The number of sulfone groups is 1. The van der Waals surface area contributed by atoms with Gasteiger partial charge in [-0.1, -0.05) is 35.1 Å². The summed E-state index contributed by atoms with van der Waals surface area (Å²) in [6.45, 7) is 5.96. The molecule has 0 N–H and O–H groups in total. The molecule has 0 spiro atoms. The minimum absolute atomic E-state index is 0.136. The van der Waals surface area contributed by atoms with Gasteiger partial charge in [-0.05, 0) is 50.1 Å². The van der Waals surface area contributed by atoms with Crippen molar-refractivity contribution in [2.75, 3.05) is 5.75 Å². The molecule has 0 atom stereocenters. The van der Waals surface area contributed by atoms with Crippen LogP contribution in [-0.2, 0) is 21.7 Å². The lowest BCUT2D eigenvalue weighted by atomic mass is 10.1. The smallest absolute Gasteiger partial charge is 0.249 e. The molecule has 0 unspecified atom stereocenters. The molecule has 2 aromatic carbocycles. The second-order valence-electron chi connectivity index (χ2n) is 6.76. The zero-order chi connectivity index (χ0) is 19.8. The van der Waals surface area contributed by atoms with Crippen LogP contribution in [0.25, 0.3) is 10.2 Å². The molecule has 0 radical (unpaired) electrons. The number of hydrogen-bond donors (Lipinski definition) is 0. The van der Waals surface area contributed by atoms with Gasteiger partial charge in [-0.3, -0.25) is 4.79 Å². The number of thiazole rings is 1. The molecule has 0 fully saturated rings. The van der Waals surface area contributed by atoms with Crippen molar-refractivity contribution in [1.82, 2.24) is 4.57 Å². The van der Waals surface area contributed by atoms with E-state index in [9.17, 15) is 13.2 Å². The summed E-state index contributed by atoms with van der Waals surface area (Å²) in [4.78, 5) is 17.3. The van der Waals surface area contributed by atoms with Crippen LogP contribution >= 0.6 is 11.3 Å². The summed E-state index contributed by atoms with van der Waals surface area (Å²) in [6, 6.07) is 10.8. The second-order valence-corrected chi connectivity index (χ2v) is 9.85. The van der Waals surface area contributed by atoms with E-state index in [0.717, 1.165) is 26.9 Å². The fourth-order valence-corrected chi connectivity index (χ4v) is 5.24. The summed E-state index contributed by atoms with van der Waals surface area (Å²) in [5, 5.41) is 0. The van der Waals surface area contributed by atoms with Gasteiger partial charge < -0.3 is 4.57 Å². The average Bonchev–Trinajstić information content (AvgIpc) is 2.90. The number of nitrogens with zero attached hydrogens (tertiary/aromatic N) is 2. The fraction of sp³-hybridized carbons (Fsp3) is 0.300. The topological polar surface area (TPSA) is 68.5 Å². The molecule has 3 rings (SSSR count). The van der Waals surface area contributed by atoms with E-state index in [1.165, 1.54) is 11.3 Å². The van der Waals surface area contributed by atoms with Crippen molar-refractivity contribution in [2.45, 2.75) is 32.1 Å². The maximum Gasteiger partial charge on any atom is 0.249 e. The maximum absolute atomic E-state index is 12.4. The van der Waals surface area contributed by atoms with Crippen molar-refractivity contribution in [3.8, 4) is 0 Å². The molecule has 0 bridgehead atoms. The zero-order valence-electron chi connectivity index (χ0n) is 15.8. The van der Waals surface area contributed by atoms with Crippen molar-refractivity contribution in [3.05, 3.63) is 57.9 Å². The molecule has 7 heteroatoms. The highest BCUT2D eigenvalue weighted by Crippen LogP contribution is 2.22. The lowest BCUT2D eigenvalue weighted by Gasteiger charge is -2.03. The van der Waals surface area contributed by atoms with Gasteiger partial charge in [0, 0.05) is 13.5 Å². The predicted molar refractivity (Wildman–Crippen MR) is 109 cm³/mol. The molecule has 1 heterocycles. The minimum atomic E-state index is -3.50. The standard InChI is InChI=1S/C20H22N2O3S2/c1-13-5-7-16(8-6-13)27(24,25)10-9-18(23)21-20-22(4)17-12-14(2)11-15(3)19(17)26-20/h5-8,11-12H,9-10H2,1-4H3. The summed E-state index contributed by atoms with van der Waals surface area (Å²) in [6.07, 6.45) is -0.136. The van der Waals surface area contributed by atoms with E-state index in [1.807, 2.05) is 32.4 Å². The van der Waals surface area contributed by atoms with Gasteiger partial charge in [0.25, 0.3) is 0 Å². The van der Waals surface area contributed by atoms with E-state index >= 15 is 0 Å². The molecule has 0 saturated carbocycles. The Morgan fingerprint density at radius 3 is 2.41 bits per heavy atom. The molecule has 27 heavy (non-hydrogen) atoms. The number of amides is 1. The Kier molecular flexibility index (Phi) is 5.35. The number of carbonyl (C=O) groups excluding carboxylic acids is 1. The number of aromatic nitrogens is 1. The van der Waals surface area contributed by atoms with Crippen LogP contribution < -0.4 is 4.80 Å². The molecule has 1 amide bonds. The first-order valence-corrected chi connectivity index (χ1v) is 11.1. The molecule has 0 aliphatic rings. The van der Waals surface area contributed by atoms with Crippen LogP contribution in [0.2, 0.25) is 0 Å². The van der Waals surface area contributed by atoms with E-state index in [2.05, 4.69) is 17.1 Å².